The van der Waals surface area contributed by atoms with Crippen LogP contribution < -0.4 is 5.56 Å². The van der Waals surface area contributed by atoms with Gasteiger partial charge in [-0.1, -0.05) is 30.0 Å². The van der Waals surface area contributed by atoms with Gasteiger partial charge in [-0.05, 0) is 6.07 Å². The van der Waals surface area contributed by atoms with Crippen LogP contribution in [0.3, 0.4) is 0 Å². The van der Waals surface area contributed by atoms with Crippen LogP contribution in [0.1, 0.15) is 0 Å². The standard InChI is InChI=1S/C12H8N2O3S2/c15-8(16)5-18-12-13-9-6-3-1-2-4-7(6)19-10(9)11(17)14-12/h1-4H,5H2,(H,15,16)(H,13,14,17). The van der Waals surface area contributed by atoms with E-state index < -0.39 is 5.97 Å². The second-order valence-electron chi connectivity index (χ2n) is 3.83. The average molecular weight is 292 g/mol. The molecule has 0 unspecified atom stereocenters. The van der Waals surface area contributed by atoms with Crippen LogP contribution in [0.15, 0.2) is 34.2 Å². The summed E-state index contributed by atoms with van der Waals surface area (Å²) in [7, 11) is 0. The topological polar surface area (TPSA) is 83.0 Å². The Morgan fingerprint density at radius 3 is 3.00 bits per heavy atom. The van der Waals surface area contributed by atoms with Crippen molar-refractivity contribution in [1.82, 2.24) is 9.97 Å². The van der Waals surface area contributed by atoms with Gasteiger partial charge in [-0.25, -0.2) is 4.98 Å². The van der Waals surface area contributed by atoms with Gasteiger partial charge in [0.15, 0.2) is 5.16 Å². The van der Waals surface area contributed by atoms with Crippen LogP contribution in [-0.2, 0) is 4.79 Å². The van der Waals surface area contributed by atoms with Gasteiger partial charge in [0.25, 0.3) is 5.56 Å². The van der Waals surface area contributed by atoms with E-state index in [4.69, 9.17) is 5.11 Å². The van der Waals surface area contributed by atoms with Crippen LogP contribution in [0, 0.1) is 0 Å². The third kappa shape index (κ3) is 2.22. The molecule has 2 N–H and O–H groups in total. The number of fused-ring (bicyclic) bond motifs is 3. The zero-order valence-corrected chi connectivity index (χ0v) is 11.2. The van der Waals surface area contributed by atoms with Crippen LogP contribution in [0.4, 0.5) is 0 Å². The predicted octanol–water partition coefficient (Wildman–Crippen LogP) is 2.31. The number of H-pyrrole nitrogens is 1. The average Bonchev–Trinajstić information content (AvgIpc) is 2.76. The van der Waals surface area contributed by atoms with Gasteiger partial charge in [-0.3, -0.25) is 9.59 Å². The lowest BCUT2D eigenvalue weighted by Crippen LogP contribution is -2.08. The van der Waals surface area contributed by atoms with Crippen molar-refractivity contribution in [2.24, 2.45) is 0 Å². The minimum absolute atomic E-state index is 0.128. The minimum Gasteiger partial charge on any atom is -0.481 e. The van der Waals surface area contributed by atoms with Crippen LogP contribution in [0.2, 0.25) is 0 Å². The first-order valence-corrected chi connectivity index (χ1v) is 7.21. The molecule has 0 fully saturated rings. The molecule has 0 bridgehead atoms. The Bertz CT molecular complexity index is 838. The highest BCUT2D eigenvalue weighted by molar-refractivity contribution is 7.99. The lowest BCUT2D eigenvalue weighted by Gasteiger charge is -1.98. The molecule has 3 rings (SSSR count). The maximum Gasteiger partial charge on any atom is 0.313 e. The molecule has 3 aromatic rings. The Hall–Kier alpha value is -1.86. The predicted molar refractivity (Wildman–Crippen MR) is 76.1 cm³/mol. The third-order valence-corrected chi connectivity index (χ3v) is 4.56. The second kappa shape index (κ2) is 4.67. The fraction of sp³-hybridized carbons (Fsp3) is 0.0833. The molecule has 0 aliphatic carbocycles. The summed E-state index contributed by atoms with van der Waals surface area (Å²) in [6.07, 6.45) is 0. The molecule has 0 aliphatic heterocycles. The van der Waals surface area contributed by atoms with Crippen molar-refractivity contribution in [2.75, 3.05) is 5.75 Å². The van der Waals surface area contributed by atoms with Crippen molar-refractivity contribution in [3.05, 3.63) is 34.6 Å². The Balaban J connectivity index is 2.20. The Labute approximate surface area is 115 Å². The van der Waals surface area contributed by atoms with Crippen molar-refractivity contribution in [3.8, 4) is 0 Å². The first-order chi connectivity index (χ1) is 9.15. The van der Waals surface area contributed by atoms with Gasteiger partial charge < -0.3 is 10.1 Å². The van der Waals surface area contributed by atoms with Crippen molar-refractivity contribution >= 4 is 49.4 Å². The number of benzene rings is 1. The summed E-state index contributed by atoms with van der Waals surface area (Å²) < 4.78 is 1.57. The first kappa shape index (κ1) is 12.2. The largest absolute Gasteiger partial charge is 0.481 e. The number of aromatic nitrogens is 2. The maximum atomic E-state index is 12.0. The number of hydrogen-bond acceptors (Lipinski definition) is 5. The number of nitrogens with zero attached hydrogens (tertiary/aromatic N) is 1. The molecular weight excluding hydrogens is 284 g/mol. The van der Waals surface area contributed by atoms with E-state index in [1.165, 1.54) is 11.3 Å². The van der Waals surface area contributed by atoms with Crippen molar-refractivity contribution < 1.29 is 9.90 Å². The summed E-state index contributed by atoms with van der Waals surface area (Å²) in [4.78, 5) is 29.5. The van der Waals surface area contributed by atoms with E-state index in [1.807, 2.05) is 24.3 Å². The number of thioether (sulfide) groups is 1. The molecular formula is C12H8N2O3S2. The highest BCUT2D eigenvalue weighted by Gasteiger charge is 2.11. The van der Waals surface area contributed by atoms with Crippen LogP contribution in [0.25, 0.3) is 20.3 Å². The third-order valence-electron chi connectivity index (χ3n) is 2.54. The fourth-order valence-electron chi connectivity index (χ4n) is 1.78. The quantitative estimate of drug-likeness (QED) is 0.572. The summed E-state index contributed by atoms with van der Waals surface area (Å²) in [5, 5.41) is 9.91. The number of rotatable bonds is 3. The molecule has 19 heavy (non-hydrogen) atoms. The van der Waals surface area contributed by atoms with Crippen molar-refractivity contribution in [3.63, 3.8) is 0 Å². The van der Waals surface area contributed by atoms with Crippen LogP contribution >= 0.6 is 23.1 Å². The molecule has 0 saturated heterocycles. The van der Waals surface area contributed by atoms with E-state index in [9.17, 15) is 9.59 Å². The van der Waals surface area contributed by atoms with Gasteiger partial charge in [0.2, 0.25) is 0 Å². The smallest absolute Gasteiger partial charge is 0.313 e. The number of thiophene rings is 1. The lowest BCUT2D eigenvalue weighted by molar-refractivity contribution is -0.133. The first-order valence-electron chi connectivity index (χ1n) is 5.41. The molecule has 96 valence electrons. The van der Waals surface area contributed by atoms with E-state index in [-0.39, 0.29) is 11.3 Å². The van der Waals surface area contributed by atoms with Crippen molar-refractivity contribution in [2.45, 2.75) is 5.16 Å². The fourth-order valence-corrected chi connectivity index (χ4v) is 3.40. The number of carbonyl (C=O) groups is 1. The monoisotopic (exact) mass is 292 g/mol. The Kier molecular flexibility index (Phi) is 3.00. The molecule has 0 saturated carbocycles. The Morgan fingerprint density at radius 2 is 2.21 bits per heavy atom. The Morgan fingerprint density at radius 1 is 1.42 bits per heavy atom. The number of aromatic amines is 1. The number of carboxylic acid groups (broad SMARTS) is 1. The zero-order chi connectivity index (χ0) is 13.4. The molecule has 5 nitrogen and oxygen atoms in total. The van der Waals surface area contributed by atoms with E-state index >= 15 is 0 Å². The molecule has 1 aromatic carbocycles. The summed E-state index contributed by atoms with van der Waals surface area (Å²) >= 11 is 2.40. The van der Waals surface area contributed by atoms with Gasteiger partial charge in [0.05, 0.1) is 11.3 Å². The second-order valence-corrected chi connectivity index (χ2v) is 5.85. The number of hydrogen-bond donors (Lipinski definition) is 2. The molecule has 7 heteroatoms. The highest BCUT2D eigenvalue weighted by atomic mass is 32.2. The zero-order valence-electron chi connectivity index (χ0n) is 9.54. The van der Waals surface area contributed by atoms with Crippen molar-refractivity contribution in [1.29, 1.82) is 0 Å². The van der Waals surface area contributed by atoms with Crippen LogP contribution in [0.5, 0.6) is 0 Å². The lowest BCUT2D eigenvalue weighted by atomic mass is 10.2. The molecule has 2 aromatic heterocycles. The summed E-state index contributed by atoms with van der Waals surface area (Å²) in [6.45, 7) is 0. The van der Waals surface area contributed by atoms with Crippen LogP contribution in [-0.4, -0.2) is 26.8 Å². The summed E-state index contributed by atoms with van der Waals surface area (Å²) in [6, 6.07) is 7.64. The number of aliphatic carboxylic acids is 1. The number of carboxylic acids is 1. The highest BCUT2D eigenvalue weighted by Crippen LogP contribution is 2.30. The normalized spacial score (nSPS) is 11.2. The molecule has 0 aliphatic rings. The SMILES string of the molecule is O=C(O)CSc1nc2c(sc3ccccc32)c(=O)[nH]1. The summed E-state index contributed by atoms with van der Waals surface area (Å²) in [5.41, 5.74) is 0.413. The van der Waals surface area contributed by atoms with E-state index in [2.05, 4.69) is 9.97 Å². The molecule has 0 atom stereocenters. The molecule has 0 amide bonds. The molecule has 0 radical (unpaired) electrons. The summed E-state index contributed by atoms with van der Waals surface area (Å²) in [5.74, 6) is -1.07. The van der Waals surface area contributed by atoms with Gasteiger partial charge in [-0.2, -0.15) is 0 Å². The van der Waals surface area contributed by atoms with Gasteiger partial charge in [0, 0.05) is 10.1 Å². The van der Waals surface area contributed by atoms with E-state index in [0.717, 1.165) is 21.8 Å². The van der Waals surface area contributed by atoms with E-state index in [1.54, 1.807) is 0 Å². The van der Waals surface area contributed by atoms with Gasteiger partial charge in [0.1, 0.15) is 4.70 Å². The maximum absolute atomic E-state index is 12.0. The van der Waals surface area contributed by atoms with E-state index in [0.29, 0.717) is 15.4 Å². The molecule has 0 spiro atoms. The molecule has 2 heterocycles. The van der Waals surface area contributed by atoms with Gasteiger partial charge in [-0.15, -0.1) is 11.3 Å². The minimum atomic E-state index is -0.942. The number of nitrogens with one attached hydrogen (secondary N) is 1. The van der Waals surface area contributed by atoms with Gasteiger partial charge >= 0.3 is 5.97 Å².